The molecule has 4 rings (SSSR count). The standard InChI is InChI=1S/C23H24N6O2S/c1-4-19(22(31)25-16-12-10-15(11-13-16)24-14(3)30)32-23-26-21-20(27-28-23)17-8-6-7-9-18(17)29(21)5-2/h6-13,19H,4-5H2,1-3H3,(H,24,30)(H,25,31). The van der Waals surface area contributed by atoms with E-state index in [9.17, 15) is 9.59 Å². The number of hydrogen-bond acceptors (Lipinski definition) is 6. The number of anilines is 2. The number of nitrogens with zero attached hydrogens (tertiary/aromatic N) is 4. The van der Waals surface area contributed by atoms with Gasteiger partial charge in [0.05, 0.1) is 10.8 Å². The summed E-state index contributed by atoms with van der Waals surface area (Å²) < 4.78 is 2.11. The fourth-order valence-corrected chi connectivity index (χ4v) is 4.39. The van der Waals surface area contributed by atoms with E-state index in [4.69, 9.17) is 4.98 Å². The van der Waals surface area contributed by atoms with Crippen molar-refractivity contribution in [2.24, 2.45) is 0 Å². The Morgan fingerprint density at radius 1 is 1.00 bits per heavy atom. The Labute approximate surface area is 189 Å². The molecule has 0 fully saturated rings. The molecule has 2 N–H and O–H groups in total. The van der Waals surface area contributed by atoms with Gasteiger partial charge in [0, 0.05) is 30.2 Å². The zero-order chi connectivity index (χ0) is 22.7. The van der Waals surface area contributed by atoms with Gasteiger partial charge in [-0.05, 0) is 43.7 Å². The van der Waals surface area contributed by atoms with E-state index in [-0.39, 0.29) is 17.1 Å². The minimum atomic E-state index is -0.372. The van der Waals surface area contributed by atoms with Gasteiger partial charge in [-0.15, -0.1) is 10.2 Å². The number of nitrogens with one attached hydrogen (secondary N) is 2. The zero-order valence-electron chi connectivity index (χ0n) is 18.1. The van der Waals surface area contributed by atoms with E-state index in [1.54, 1.807) is 24.3 Å². The van der Waals surface area contributed by atoms with Crippen molar-refractivity contribution in [3.8, 4) is 0 Å². The maximum Gasteiger partial charge on any atom is 0.237 e. The van der Waals surface area contributed by atoms with Gasteiger partial charge < -0.3 is 15.2 Å². The third-order valence-electron chi connectivity index (χ3n) is 5.05. The summed E-state index contributed by atoms with van der Waals surface area (Å²) in [4.78, 5) is 28.7. The lowest BCUT2D eigenvalue weighted by Crippen LogP contribution is -2.25. The van der Waals surface area contributed by atoms with Crippen molar-refractivity contribution in [1.82, 2.24) is 19.7 Å². The van der Waals surface area contributed by atoms with Crippen LogP contribution in [0.1, 0.15) is 27.2 Å². The SMILES string of the molecule is CCC(Sc1nnc2c3ccccc3n(CC)c2n1)C(=O)Nc1ccc(NC(C)=O)cc1. The predicted octanol–water partition coefficient (Wildman–Crippen LogP) is 4.47. The second-order valence-electron chi connectivity index (χ2n) is 7.29. The lowest BCUT2D eigenvalue weighted by atomic mass is 10.2. The second-order valence-corrected chi connectivity index (χ2v) is 8.46. The van der Waals surface area contributed by atoms with Crippen LogP contribution in [0, 0.1) is 0 Å². The van der Waals surface area contributed by atoms with Crippen molar-refractivity contribution < 1.29 is 9.59 Å². The van der Waals surface area contributed by atoms with Crippen LogP contribution in [0.4, 0.5) is 11.4 Å². The largest absolute Gasteiger partial charge is 0.326 e. The van der Waals surface area contributed by atoms with Crippen molar-refractivity contribution >= 4 is 57.0 Å². The number of carbonyl (C=O) groups is 2. The van der Waals surface area contributed by atoms with Crippen LogP contribution in [0.2, 0.25) is 0 Å². The molecule has 9 heteroatoms. The Bertz CT molecular complexity index is 1290. The predicted molar refractivity (Wildman–Crippen MR) is 128 cm³/mol. The Morgan fingerprint density at radius 3 is 2.34 bits per heavy atom. The number of aromatic nitrogens is 4. The van der Waals surface area contributed by atoms with Crippen LogP contribution in [0.15, 0.2) is 53.7 Å². The highest BCUT2D eigenvalue weighted by atomic mass is 32.2. The smallest absolute Gasteiger partial charge is 0.237 e. The van der Waals surface area contributed by atoms with E-state index in [1.165, 1.54) is 18.7 Å². The highest BCUT2D eigenvalue weighted by Gasteiger charge is 2.21. The van der Waals surface area contributed by atoms with Gasteiger partial charge in [-0.1, -0.05) is 36.9 Å². The monoisotopic (exact) mass is 448 g/mol. The van der Waals surface area contributed by atoms with Crippen molar-refractivity contribution in [2.45, 2.75) is 44.1 Å². The first-order chi connectivity index (χ1) is 15.5. The average Bonchev–Trinajstić information content (AvgIpc) is 3.11. The molecule has 2 heterocycles. The highest BCUT2D eigenvalue weighted by Crippen LogP contribution is 2.29. The molecule has 0 saturated heterocycles. The number of hydrogen-bond donors (Lipinski definition) is 2. The molecule has 1 atom stereocenters. The molecule has 8 nitrogen and oxygen atoms in total. The minimum absolute atomic E-state index is 0.135. The molecule has 0 bridgehead atoms. The van der Waals surface area contributed by atoms with E-state index in [2.05, 4.69) is 38.4 Å². The third kappa shape index (κ3) is 4.43. The number of fused-ring (bicyclic) bond motifs is 3. The van der Waals surface area contributed by atoms with Gasteiger partial charge in [-0.2, -0.15) is 0 Å². The fourth-order valence-electron chi connectivity index (χ4n) is 3.57. The van der Waals surface area contributed by atoms with Crippen LogP contribution < -0.4 is 10.6 Å². The van der Waals surface area contributed by atoms with Gasteiger partial charge in [-0.25, -0.2) is 4.98 Å². The third-order valence-corrected chi connectivity index (χ3v) is 6.27. The number of carbonyl (C=O) groups excluding carboxylic acids is 2. The van der Waals surface area contributed by atoms with Crippen LogP contribution in [0.25, 0.3) is 22.1 Å². The summed E-state index contributed by atoms with van der Waals surface area (Å²) in [6, 6.07) is 15.0. The molecule has 2 aromatic carbocycles. The normalized spacial score (nSPS) is 12.1. The maximum atomic E-state index is 12.9. The van der Waals surface area contributed by atoms with Crippen LogP contribution in [0.3, 0.4) is 0 Å². The first-order valence-corrected chi connectivity index (χ1v) is 11.3. The molecular weight excluding hydrogens is 424 g/mol. The van der Waals surface area contributed by atoms with Gasteiger partial charge in [-0.3, -0.25) is 9.59 Å². The number of rotatable bonds is 7. The maximum absolute atomic E-state index is 12.9. The lowest BCUT2D eigenvalue weighted by molar-refractivity contribution is -0.116. The van der Waals surface area contributed by atoms with Crippen LogP contribution in [0.5, 0.6) is 0 Å². The van der Waals surface area contributed by atoms with Crippen molar-refractivity contribution in [3.63, 3.8) is 0 Å². The molecule has 4 aromatic rings. The van der Waals surface area contributed by atoms with E-state index >= 15 is 0 Å². The van der Waals surface area contributed by atoms with Crippen LogP contribution in [-0.2, 0) is 16.1 Å². The highest BCUT2D eigenvalue weighted by molar-refractivity contribution is 8.00. The molecule has 0 aliphatic carbocycles. The van der Waals surface area contributed by atoms with Gasteiger partial charge in [0.25, 0.3) is 0 Å². The molecule has 0 aliphatic heterocycles. The number of para-hydroxylation sites is 1. The summed E-state index contributed by atoms with van der Waals surface area (Å²) in [5, 5.41) is 15.5. The van der Waals surface area contributed by atoms with E-state index in [1.807, 2.05) is 25.1 Å². The molecule has 32 heavy (non-hydrogen) atoms. The van der Waals surface area contributed by atoms with E-state index < -0.39 is 0 Å². The zero-order valence-corrected chi connectivity index (χ0v) is 18.9. The lowest BCUT2D eigenvalue weighted by Gasteiger charge is -2.14. The minimum Gasteiger partial charge on any atom is -0.326 e. The Balaban J connectivity index is 1.53. The molecule has 0 spiro atoms. The molecule has 164 valence electrons. The van der Waals surface area contributed by atoms with Crippen molar-refractivity contribution in [3.05, 3.63) is 48.5 Å². The first kappa shape index (κ1) is 21.8. The molecular formula is C23H24N6O2S. The summed E-state index contributed by atoms with van der Waals surface area (Å²) in [7, 11) is 0. The van der Waals surface area contributed by atoms with Gasteiger partial charge >= 0.3 is 0 Å². The van der Waals surface area contributed by atoms with Crippen LogP contribution in [-0.4, -0.2) is 36.8 Å². The Hall–Kier alpha value is -3.46. The Kier molecular flexibility index (Phi) is 6.36. The van der Waals surface area contributed by atoms with Gasteiger partial charge in [0.15, 0.2) is 5.65 Å². The van der Waals surface area contributed by atoms with Gasteiger partial charge in [0.1, 0.15) is 5.52 Å². The second kappa shape index (κ2) is 9.35. The van der Waals surface area contributed by atoms with E-state index in [0.29, 0.717) is 23.0 Å². The number of aryl methyl sites for hydroxylation is 1. The molecule has 0 aliphatic rings. The number of benzene rings is 2. The average molecular weight is 449 g/mol. The number of amides is 2. The summed E-state index contributed by atoms with van der Waals surface area (Å²) in [5.41, 5.74) is 3.94. The summed E-state index contributed by atoms with van der Waals surface area (Å²) in [6.07, 6.45) is 0.610. The van der Waals surface area contributed by atoms with Gasteiger partial charge in [0.2, 0.25) is 17.0 Å². The molecule has 0 radical (unpaired) electrons. The number of thioether (sulfide) groups is 1. The first-order valence-electron chi connectivity index (χ1n) is 10.5. The van der Waals surface area contributed by atoms with Crippen molar-refractivity contribution in [1.29, 1.82) is 0 Å². The molecule has 0 saturated carbocycles. The summed E-state index contributed by atoms with van der Waals surface area (Å²) in [6.45, 7) is 6.23. The quantitative estimate of drug-likeness (QED) is 0.405. The Morgan fingerprint density at radius 2 is 1.69 bits per heavy atom. The van der Waals surface area contributed by atoms with Crippen LogP contribution >= 0.6 is 11.8 Å². The fraction of sp³-hybridized carbons (Fsp3) is 0.261. The molecule has 2 amide bonds. The summed E-state index contributed by atoms with van der Waals surface area (Å²) >= 11 is 1.30. The molecule has 1 unspecified atom stereocenters. The summed E-state index contributed by atoms with van der Waals surface area (Å²) in [5.74, 6) is -0.276. The topological polar surface area (TPSA) is 102 Å². The van der Waals surface area contributed by atoms with E-state index in [0.717, 1.165) is 28.6 Å². The van der Waals surface area contributed by atoms with Crippen molar-refractivity contribution in [2.75, 3.05) is 10.6 Å². The molecule has 2 aromatic heterocycles.